The Balaban J connectivity index is 1.10. The van der Waals surface area contributed by atoms with Gasteiger partial charge in [-0.3, -0.25) is 19.2 Å². The van der Waals surface area contributed by atoms with E-state index < -0.39 is 5.97 Å². The van der Waals surface area contributed by atoms with Crippen molar-refractivity contribution in [3.8, 4) is 0 Å². The molecule has 1 aromatic rings. The van der Waals surface area contributed by atoms with E-state index in [4.69, 9.17) is 5.73 Å². The van der Waals surface area contributed by atoms with Crippen LogP contribution in [0.2, 0.25) is 0 Å². The van der Waals surface area contributed by atoms with Gasteiger partial charge in [0, 0.05) is 36.0 Å². The van der Waals surface area contributed by atoms with Crippen LogP contribution in [0.4, 0.5) is 5.13 Å². The highest BCUT2D eigenvalue weighted by molar-refractivity contribution is 7.13. The first kappa shape index (κ1) is 36.8. The number of carbonyl (C=O) groups excluding carboxylic acids is 3. The van der Waals surface area contributed by atoms with E-state index in [0.29, 0.717) is 66.9 Å². The summed E-state index contributed by atoms with van der Waals surface area (Å²) in [7, 11) is 0. The Morgan fingerprint density at radius 1 is 1.00 bits per heavy atom. The van der Waals surface area contributed by atoms with Crippen molar-refractivity contribution in [2.45, 2.75) is 132 Å². The number of amides is 1. The minimum atomic E-state index is -0.764. The molecule has 1 heterocycles. The molecule has 5 fully saturated rings. The number of Topliss-reactive ketones (excluding diaryl/α,β-unsaturated/α-hetero) is 2. The second-order valence-corrected chi connectivity index (χ2v) is 20.2. The molecular weight excluding hydrogens is 659 g/mol. The maximum Gasteiger partial charge on any atom is 0.306 e. The van der Waals surface area contributed by atoms with Crippen molar-refractivity contribution < 1.29 is 24.3 Å². The minimum Gasteiger partial charge on any atom is -0.481 e. The van der Waals surface area contributed by atoms with Crippen molar-refractivity contribution in [3.63, 3.8) is 0 Å². The van der Waals surface area contributed by atoms with Crippen molar-refractivity contribution in [1.82, 2.24) is 10.3 Å². The number of hydrogen-bond donors (Lipinski definition) is 3. The summed E-state index contributed by atoms with van der Waals surface area (Å²) < 4.78 is 0. The average Bonchev–Trinajstić information content (AvgIpc) is 3.59. The maximum absolute atomic E-state index is 13.9. The van der Waals surface area contributed by atoms with Gasteiger partial charge in [0.25, 0.3) is 0 Å². The molecule has 9 heteroatoms. The number of carboxylic acids is 1. The Bertz CT molecular complexity index is 1650. The summed E-state index contributed by atoms with van der Waals surface area (Å²) in [4.78, 5) is 56.9. The molecule has 11 unspecified atom stereocenters. The number of nitrogens with zero attached hydrogens (tertiary/aromatic N) is 1. The molecule has 5 saturated carbocycles. The zero-order valence-corrected chi connectivity index (χ0v) is 32.8. The molecule has 0 aliphatic heterocycles. The van der Waals surface area contributed by atoms with Crippen LogP contribution in [0.15, 0.2) is 16.5 Å². The minimum absolute atomic E-state index is 0.00538. The second kappa shape index (κ2) is 12.8. The Morgan fingerprint density at radius 3 is 2.37 bits per heavy atom. The number of nitrogen functional groups attached to an aromatic ring is 1. The smallest absolute Gasteiger partial charge is 0.306 e. The quantitative estimate of drug-likeness (QED) is 0.234. The van der Waals surface area contributed by atoms with E-state index in [-0.39, 0.29) is 62.8 Å². The third-order valence-electron chi connectivity index (χ3n) is 16.5. The predicted octanol–water partition coefficient (Wildman–Crippen LogP) is 8.25. The molecule has 0 saturated heterocycles. The summed E-state index contributed by atoms with van der Waals surface area (Å²) in [6.07, 6.45) is 10.6. The second-order valence-electron chi connectivity index (χ2n) is 19.4. The lowest BCUT2D eigenvalue weighted by molar-refractivity contribution is -0.193. The van der Waals surface area contributed by atoms with E-state index in [9.17, 15) is 24.3 Å². The predicted molar refractivity (Wildman–Crippen MR) is 199 cm³/mol. The lowest BCUT2D eigenvalue weighted by atomic mass is 9.35. The maximum atomic E-state index is 13.9. The molecule has 8 nitrogen and oxygen atoms in total. The van der Waals surface area contributed by atoms with Gasteiger partial charge in [-0.15, -0.1) is 11.3 Å². The van der Waals surface area contributed by atoms with Gasteiger partial charge in [-0.2, -0.15) is 0 Å². The summed E-state index contributed by atoms with van der Waals surface area (Å²) in [6.45, 7) is 16.6. The molecular formula is C42H61N3O5S. The summed E-state index contributed by atoms with van der Waals surface area (Å²) in [6, 6.07) is 0. The molecule has 4 N–H and O–H groups in total. The normalized spacial score (nSPS) is 41.2. The van der Waals surface area contributed by atoms with E-state index in [1.807, 2.05) is 12.3 Å². The monoisotopic (exact) mass is 719 g/mol. The van der Waals surface area contributed by atoms with E-state index >= 15 is 0 Å². The molecule has 280 valence electrons. The molecule has 6 aliphatic carbocycles. The summed E-state index contributed by atoms with van der Waals surface area (Å²) in [5, 5.41) is 15.0. The molecule has 11 atom stereocenters. The first-order chi connectivity index (χ1) is 23.9. The zero-order chi connectivity index (χ0) is 36.8. The molecule has 6 aliphatic rings. The number of nitrogens with one attached hydrogen (secondary N) is 1. The van der Waals surface area contributed by atoms with Crippen LogP contribution in [0, 0.1) is 74.9 Å². The largest absolute Gasteiger partial charge is 0.481 e. The number of aliphatic carboxylic acids is 1. The third kappa shape index (κ3) is 5.76. The first-order valence-electron chi connectivity index (χ1n) is 19.9. The number of fused-ring (bicyclic) bond motifs is 7. The van der Waals surface area contributed by atoms with Gasteiger partial charge in [0.2, 0.25) is 5.91 Å². The number of rotatable bonds is 9. The lowest BCUT2D eigenvalue weighted by Crippen LogP contribution is -2.62. The molecule has 51 heavy (non-hydrogen) atoms. The highest BCUT2D eigenvalue weighted by atomic mass is 32.1. The summed E-state index contributed by atoms with van der Waals surface area (Å²) in [5.74, 6) is 1.68. The van der Waals surface area contributed by atoms with Crippen molar-refractivity contribution in [2.24, 2.45) is 74.9 Å². The number of aromatic nitrogens is 1. The van der Waals surface area contributed by atoms with Crippen LogP contribution in [-0.4, -0.2) is 33.5 Å². The van der Waals surface area contributed by atoms with Gasteiger partial charge in [0.1, 0.15) is 5.78 Å². The van der Waals surface area contributed by atoms with Crippen molar-refractivity contribution >= 4 is 39.9 Å². The number of nitrogens with two attached hydrogens (primary N) is 1. The van der Waals surface area contributed by atoms with Gasteiger partial charge in [-0.1, -0.05) is 54.0 Å². The van der Waals surface area contributed by atoms with Crippen LogP contribution >= 0.6 is 11.3 Å². The summed E-state index contributed by atoms with van der Waals surface area (Å²) in [5.41, 5.74) is 8.96. The number of carbonyl (C=O) groups is 4. The molecule has 1 amide bonds. The number of anilines is 1. The first-order valence-corrected chi connectivity index (χ1v) is 20.8. The van der Waals surface area contributed by atoms with Crippen molar-refractivity contribution in [3.05, 3.63) is 22.2 Å². The fourth-order valence-electron chi connectivity index (χ4n) is 14.0. The fourth-order valence-corrected chi connectivity index (χ4v) is 14.5. The standard InChI is InChI=1S/C42H61N3O5S/c1-22(2)35-31(47)18-42(19-34(48)44-20-25-21-51-38(43)45-25)15-11-29-26(36(35)42)8-9-33-40(29,6)14-12-32-39(4,5)24(10-13-41(32,33)7)16-30(46)27-17-28(23(27)3)37(49)50/h21-24,26-29,32-33H,8-20H2,1-7H3,(H2,43,45)(H,44,48)(H,49,50). The zero-order valence-electron chi connectivity index (χ0n) is 32.0. The van der Waals surface area contributed by atoms with Crippen molar-refractivity contribution in [2.75, 3.05) is 5.73 Å². The van der Waals surface area contributed by atoms with Crippen LogP contribution in [0.3, 0.4) is 0 Å². The van der Waals surface area contributed by atoms with Crippen LogP contribution in [0.25, 0.3) is 0 Å². The summed E-state index contributed by atoms with van der Waals surface area (Å²) >= 11 is 1.38. The Morgan fingerprint density at radius 2 is 1.73 bits per heavy atom. The molecule has 0 aromatic carbocycles. The van der Waals surface area contributed by atoms with Gasteiger partial charge < -0.3 is 16.2 Å². The Hall–Kier alpha value is -2.55. The van der Waals surface area contributed by atoms with Gasteiger partial charge in [-0.25, -0.2) is 4.98 Å². The fraction of sp³-hybridized carbons (Fsp3) is 0.786. The molecule has 1 aromatic heterocycles. The number of thiazole rings is 1. The van der Waals surface area contributed by atoms with Crippen LogP contribution in [0.1, 0.15) is 131 Å². The van der Waals surface area contributed by atoms with E-state index in [2.05, 4.69) is 51.8 Å². The lowest BCUT2D eigenvalue weighted by Gasteiger charge is -2.69. The van der Waals surface area contributed by atoms with E-state index in [0.717, 1.165) is 56.2 Å². The number of ketones is 2. The average molecular weight is 720 g/mol. The third-order valence-corrected chi connectivity index (χ3v) is 17.2. The van der Waals surface area contributed by atoms with Crippen LogP contribution in [0.5, 0.6) is 0 Å². The van der Waals surface area contributed by atoms with Gasteiger partial charge >= 0.3 is 5.97 Å². The molecule has 0 spiro atoms. The van der Waals surface area contributed by atoms with E-state index in [1.54, 1.807) is 0 Å². The number of carboxylic acid groups (broad SMARTS) is 1. The Kier molecular flexibility index (Phi) is 9.23. The van der Waals surface area contributed by atoms with Gasteiger partial charge in [0.15, 0.2) is 10.9 Å². The van der Waals surface area contributed by atoms with Crippen molar-refractivity contribution in [1.29, 1.82) is 0 Å². The van der Waals surface area contributed by atoms with Gasteiger partial charge in [-0.05, 0) is 121 Å². The van der Waals surface area contributed by atoms with Crippen LogP contribution < -0.4 is 11.1 Å². The topological polar surface area (TPSA) is 139 Å². The number of allylic oxidation sites excluding steroid dienone is 2. The highest BCUT2D eigenvalue weighted by Crippen LogP contribution is 2.74. The Labute approximate surface area is 308 Å². The highest BCUT2D eigenvalue weighted by Gasteiger charge is 2.66. The van der Waals surface area contributed by atoms with E-state index in [1.165, 1.54) is 23.3 Å². The number of hydrogen-bond acceptors (Lipinski definition) is 7. The molecule has 0 radical (unpaired) electrons. The molecule has 7 rings (SSSR count). The molecule has 0 bridgehead atoms. The van der Waals surface area contributed by atoms with Crippen LogP contribution in [-0.2, 0) is 25.7 Å². The SMILES string of the molecule is CC(C)C1=C2C3CCC4C(C)(CCC5C(C)(C)C(CC(=O)C6CC(C(=O)O)C6C)CCC54C)C3CCC2(CC(=O)NCc2csc(N)n2)CC1=O. The van der Waals surface area contributed by atoms with Gasteiger partial charge in [0.05, 0.1) is 18.2 Å².